The summed E-state index contributed by atoms with van der Waals surface area (Å²) in [6.45, 7) is 24.1. The monoisotopic (exact) mass is 584 g/mol. The van der Waals surface area contributed by atoms with Gasteiger partial charge in [-0.3, -0.25) is 9.59 Å². The highest BCUT2D eigenvalue weighted by Crippen LogP contribution is 2.41. The highest BCUT2D eigenvalue weighted by molar-refractivity contribution is 6.08. The lowest BCUT2D eigenvalue weighted by atomic mass is 9.78. The Balaban J connectivity index is 1.86. The number of benzene rings is 2. The second-order valence-corrected chi connectivity index (χ2v) is 15.5. The molecular weight excluding hydrogens is 536 g/mol. The summed E-state index contributed by atoms with van der Waals surface area (Å²) in [6.07, 6.45) is 6.13. The molecule has 2 N–H and O–H groups in total. The van der Waals surface area contributed by atoms with Crippen molar-refractivity contribution in [3.05, 3.63) is 93.5 Å². The molecule has 230 valence electrons. The van der Waals surface area contributed by atoms with Crippen LogP contribution in [0.1, 0.15) is 138 Å². The first-order valence-electron chi connectivity index (χ1n) is 14.8. The third-order valence-electron chi connectivity index (χ3n) is 7.47. The van der Waals surface area contributed by atoms with Crippen molar-refractivity contribution in [2.45, 2.75) is 105 Å². The van der Waals surface area contributed by atoms with Gasteiger partial charge in [0.2, 0.25) is 0 Å². The van der Waals surface area contributed by atoms with Crippen LogP contribution in [0.25, 0.3) is 12.2 Å². The third-order valence-corrected chi connectivity index (χ3v) is 7.47. The number of hydrogen-bond donors (Lipinski definition) is 2. The molecule has 0 saturated heterocycles. The molecule has 0 saturated carbocycles. The number of ketones is 2. The van der Waals surface area contributed by atoms with E-state index in [1.807, 2.05) is 83.1 Å². The summed E-state index contributed by atoms with van der Waals surface area (Å²) >= 11 is 0. The third kappa shape index (κ3) is 7.95. The van der Waals surface area contributed by atoms with Crippen LogP contribution in [0.4, 0.5) is 0 Å². The summed E-state index contributed by atoms with van der Waals surface area (Å²) in [5.41, 5.74) is 2.54. The van der Waals surface area contributed by atoms with Crippen molar-refractivity contribution in [3.63, 3.8) is 0 Å². The van der Waals surface area contributed by atoms with Crippen molar-refractivity contribution < 1.29 is 24.2 Å². The molecule has 3 rings (SSSR count). The molecule has 2 aromatic carbocycles. The molecular formula is C38H48O5. The summed E-state index contributed by atoms with van der Waals surface area (Å²) in [4.78, 5) is 26.4. The maximum Gasteiger partial charge on any atom is 0.185 e. The van der Waals surface area contributed by atoms with E-state index in [0.29, 0.717) is 22.6 Å². The minimum atomic E-state index is -0.341. The molecule has 0 atom stereocenters. The molecule has 0 aliphatic carbocycles. The minimum Gasteiger partial charge on any atom is -0.507 e. The lowest BCUT2D eigenvalue weighted by Gasteiger charge is -2.28. The van der Waals surface area contributed by atoms with Gasteiger partial charge in [-0.25, -0.2) is 0 Å². The summed E-state index contributed by atoms with van der Waals surface area (Å²) in [5, 5.41) is 21.9. The first kappa shape index (κ1) is 33.6. The second kappa shape index (κ2) is 11.7. The van der Waals surface area contributed by atoms with Crippen LogP contribution in [-0.2, 0) is 21.7 Å². The van der Waals surface area contributed by atoms with Gasteiger partial charge < -0.3 is 14.6 Å². The molecule has 0 amide bonds. The van der Waals surface area contributed by atoms with E-state index in [9.17, 15) is 19.8 Å². The topological polar surface area (TPSA) is 87.7 Å². The largest absolute Gasteiger partial charge is 0.507 e. The molecule has 5 heteroatoms. The van der Waals surface area contributed by atoms with Crippen molar-refractivity contribution in [2.24, 2.45) is 0 Å². The number of carbonyl (C=O) groups excluding carboxylic acids is 2. The van der Waals surface area contributed by atoms with Gasteiger partial charge in [-0.05, 0) is 82.4 Å². The maximum absolute atomic E-state index is 13.2. The highest BCUT2D eigenvalue weighted by Gasteiger charge is 2.29. The predicted octanol–water partition coefficient (Wildman–Crippen LogP) is 9.67. The molecule has 0 unspecified atom stereocenters. The van der Waals surface area contributed by atoms with E-state index in [1.165, 1.54) is 12.2 Å². The van der Waals surface area contributed by atoms with Gasteiger partial charge >= 0.3 is 0 Å². The zero-order valence-corrected chi connectivity index (χ0v) is 27.9. The van der Waals surface area contributed by atoms with Gasteiger partial charge in [0, 0.05) is 33.4 Å². The van der Waals surface area contributed by atoms with E-state index in [1.54, 1.807) is 48.6 Å². The Hall–Kier alpha value is -3.86. The zero-order chi connectivity index (χ0) is 32.7. The lowest BCUT2D eigenvalue weighted by Crippen LogP contribution is -2.18. The summed E-state index contributed by atoms with van der Waals surface area (Å²) in [6, 6.07) is 10.5. The number of rotatable bonds is 6. The van der Waals surface area contributed by atoms with Gasteiger partial charge in [-0.15, -0.1) is 0 Å². The van der Waals surface area contributed by atoms with Gasteiger partial charge in [0.05, 0.1) is 0 Å². The molecule has 0 spiro atoms. The number of allylic oxidation sites excluding steroid dienone is 2. The van der Waals surface area contributed by atoms with E-state index in [0.717, 1.165) is 22.3 Å². The van der Waals surface area contributed by atoms with Gasteiger partial charge in [-0.2, -0.15) is 0 Å². The molecule has 0 radical (unpaired) electrons. The Morgan fingerprint density at radius 3 is 1.02 bits per heavy atom. The number of phenols is 2. The fraction of sp³-hybridized carbons (Fsp3) is 0.421. The Labute approximate surface area is 257 Å². The SMILES string of the molecule is CC(C)(C)c1cc(C(=O)/C=C/c2ccc(/C=C/C(=O)c3cc(C(C)(C)C)c(O)c(C(C)(C)C)c3)o2)cc(C(C)(C)C)c1O. The molecule has 0 fully saturated rings. The summed E-state index contributed by atoms with van der Waals surface area (Å²) in [7, 11) is 0. The Bertz CT molecular complexity index is 1390. The second-order valence-electron chi connectivity index (χ2n) is 15.5. The smallest absolute Gasteiger partial charge is 0.185 e. The average Bonchev–Trinajstić information content (AvgIpc) is 3.31. The van der Waals surface area contributed by atoms with Gasteiger partial charge in [0.15, 0.2) is 11.6 Å². The van der Waals surface area contributed by atoms with E-state index in [2.05, 4.69) is 0 Å². The standard InChI is InChI=1S/C38H48O5/c1-35(2,3)27-19-23(20-28(33(27)41)36(4,5)6)31(39)17-15-25-13-14-26(43-25)16-18-32(40)24-21-29(37(7,8)9)34(42)30(22-24)38(10,11)12/h13-22,41-42H,1-12H3/b17-15+,18-16+. The van der Waals surface area contributed by atoms with Crippen LogP contribution in [0.3, 0.4) is 0 Å². The van der Waals surface area contributed by atoms with E-state index < -0.39 is 0 Å². The fourth-order valence-corrected chi connectivity index (χ4v) is 4.90. The molecule has 0 aliphatic heterocycles. The number of aromatic hydroxyl groups is 2. The lowest BCUT2D eigenvalue weighted by molar-refractivity contribution is 0.103. The Morgan fingerprint density at radius 1 is 0.535 bits per heavy atom. The van der Waals surface area contributed by atoms with Crippen molar-refractivity contribution >= 4 is 23.7 Å². The first-order valence-corrected chi connectivity index (χ1v) is 14.8. The quantitative estimate of drug-likeness (QED) is 0.222. The van der Waals surface area contributed by atoms with Crippen molar-refractivity contribution in [1.29, 1.82) is 0 Å². The fourth-order valence-electron chi connectivity index (χ4n) is 4.90. The Kier molecular flexibility index (Phi) is 9.13. The molecule has 1 aromatic heterocycles. The van der Waals surface area contributed by atoms with E-state index in [-0.39, 0.29) is 44.7 Å². The van der Waals surface area contributed by atoms with Gasteiger partial charge in [0.25, 0.3) is 0 Å². The van der Waals surface area contributed by atoms with E-state index >= 15 is 0 Å². The molecule has 3 aromatic rings. The average molecular weight is 585 g/mol. The molecule has 43 heavy (non-hydrogen) atoms. The van der Waals surface area contributed by atoms with Gasteiger partial charge in [0.1, 0.15) is 23.0 Å². The van der Waals surface area contributed by atoms with Crippen molar-refractivity contribution in [2.75, 3.05) is 0 Å². The first-order chi connectivity index (χ1) is 19.5. The molecule has 0 bridgehead atoms. The van der Waals surface area contributed by atoms with Gasteiger partial charge in [-0.1, -0.05) is 83.1 Å². The van der Waals surface area contributed by atoms with Crippen LogP contribution in [0.2, 0.25) is 0 Å². The highest BCUT2D eigenvalue weighted by atomic mass is 16.3. The summed E-state index contributed by atoms with van der Waals surface area (Å²) in [5.74, 6) is 1.01. The molecule has 5 nitrogen and oxygen atoms in total. The van der Waals surface area contributed by atoms with Crippen LogP contribution in [0.15, 0.2) is 53.0 Å². The predicted molar refractivity (Wildman–Crippen MR) is 176 cm³/mol. The van der Waals surface area contributed by atoms with Crippen molar-refractivity contribution in [1.82, 2.24) is 0 Å². The minimum absolute atomic E-state index is 0.198. The zero-order valence-electron chi connectivity index (χ0n) is 27.9. The van der Waals surface area contributed by atoms with Crippen LogP contribution in [-0.4, -0.2) is 21.8 Å². The van der Waals surface area contributed by atoms with Crippen LogP contribution < -0.4 is 0 Å². The Morgan fingerprint density at radius 2 is 0.791 bits per heavy atom. The number of carbonyl (C=O) groups is 2. The maximum atomic E-state index is 13.2. The summed E-state index contributed by atoms with van der Waals surface area (Å²) < 4.78 is 5.85. The molecule has 0 aliphatic rings. The van der Waals surface area contributed by atoms with Crippen molar-refractivity contribution in [3.8, 4) is 11.5 Å². The number of hydrogen-bond acceptors (Lipinski definition) is 5. The molecule has 1 heterocycles. The number of phenolic OH excluding ortho intramolecular Hbond substituents is 2. The normalized spacial score (nSPS) is 13.3. The van der Waals surface area contributed by atoms with E-state index in [4.69, 9.17) is 4.42 Å². The van der Waals surface area contributed by atoms with Crippen LogP contribution in [0, 0.1) is 0 Å². The number of furan rings is 1. The van der Waals surface area contributed by atoms with Crippen LogP contribution >= 0.6 is 0 Å². The van der Waals surface area contributed by atoms with Crippen LogP contribution in [0.5, 0.6) is 11.5 Å².